The van der Waals surface area contributed by atoms with Crippen molar-refractivity contribution in [3.8, 4) is 0 Å². The first-order chi connectivity index (χ1) is 7.15. The van der Waals surface area contributed by atoms with E-state index in [1.54, 1.807) is 12.1 Å². The van der Waals surface area contributed by atoms with Crippen LogP contribution in [-0.2, 0) is 5.41 Å². The van der Waals surface area contributed by atoms with Crippen LogP contribution in [0.5, 0.6) is 0 Å². The van der Waals surface area contributed by atoms with E-state index in [4.69, 9.17) is 0 Å². The lowest BCUT2D eigenvalue weighted by Crippen LogP contribution is -2.42. The molecule has 90 valence electrons. The molecular formula is C14H21FO. The van der Waals surface area contributed by atoms with E-state index in [2.05, 4.69) is 0 Å². The maximum Gasteiger partial charge on any atom is 0.123 e. The van der Waals surface area contributed by atoms with Gasteiger partial charge in [0.15, 0.2) is 0 Å². The summed E-state index contributed by atoms with van der Waals surface area (Å²) in [5.41, 5.74) is 0.375. The van der Waals surface area contributed by atoms with Gasteiger partial charge in [0.05, 0.1) is 6.10 Å². The lowest BCUT2D eigenvalue weighted by Gasteiger charge is -2.39. The predicted molar refractivity (Wildman–Crippen MR) is 64.9 cm³/mol. The summed E-state index contributed by atoms with van der Waals surface area (Å²) in [5.74, 6) is -0.246. The Hall–Kier alpha value is -0.890. The standard InChI is InChI=1S/C14H21FO/c1-13(2,3)12(16)14(4,5)10-6-8-11(15)9-7-10/h6-9,12,16H,1-5H3. The minimum atomic E-state index is -0.481. The Morgan fingerprint density at radius 2 is 1.44 bits per heavy atom. The van der Waals surface area contributed by atoms with E-state index >= 15 is 0 Å². The van der Waals surface area contributed by atoms with Gasteiger partial charge in [-0.1, -0.05) is 46.8 Å². The van der Waals surface area contributed by atoms with Gasteiger partial charge in [-0.15, -0.1) is 0 Å². The second-order valence-electron chi connectivity index (χ2n) is 6.00. The molecule has 0 aliphatic heterocycles. The Morgan fingerprint density at radius 3 is 1.81 bits per heavy atom. The molecule has 1 atom stereocenters. The summed E-state index contributed by atoms with van der Waals surface area (Å²) in [5, 5.41) is 10.3. The minimum Gasteiger partial charge on any atom is -0.392 e. The van der Waals surface area contributed by atoms with Crippen molar-refractivity contribution < 1.29 is 9.50 Å². The number of hydrogen-bond acceptors (Lipinski definition) is 1. The quantitative estimate of drug-likeness (QED) is 0.815. The Morgan fingerprint density at radius 1 is 1.00 bits per heavy atom. The van der Waals surface area contributed by atoms with E-state index in [0.717, 1.165) is 5.56 Å². The molecule has 0 radical (unpaired) electrons. The molecule has 0 fully saturated rings. The first-order valence-electron chi connectivity index (χ1n) is 5.60. The second kappa shape index (κ2) is 4.17. The summed E-state index contributed by atoms with van der Waals surface area (Å²) >= 11 is 0. The van der Waals surface area contributed by atoms with E-state index in [1.165, 1.54) is 12.1 Å². The average molecular weight is 224 g/mol. The molecule has 16 heavy (non-hydrogen) atoms. The van der Waals surface area contributed by atoms with E-state index < -0.39 is 6.10 Å². The third-order valence-electron chi connectivity index (χ3n) is 3.09. The van der Waals surface area contributed by atoms with Crippen molar-refractivity contribution in [3.05, 3.63) is 35.6 Å². The number of benzene rings is 1. The third kappa shape index (κ3) is 2.62. The Kier molecular flexibility index (Phi) is 3.44. The summed E-state index contributed by atoms with van der Waals surface area (Å²) in [6.07, 6.45) is -0.481. The fourth-order valence-electron chi connectivity index (χ4n) is 2.12. The van der Waals surface area contributed by atoms with Gasteiger partial charge in [0.2, 0.25) is 0 Å². The van der Waals surface area contributed by atoms with Crippen LogP contribution in [0.25, 0.3) is 0 Å². The molecule has 0 saturated carbocycles. The molecule has 0 bridgehead atoms. The summed E-state index contributed by atoms with van der Waals surface area (Å²) in [6, 6.07) is 6.35. The molecule has 0 heterocycles. The largest absolute Gasteiger partial charge is 0.392 e. The molecule has 1 unspecified atom stereocenters. The molecular weight excluding hydrogens is 203 g/mol. The first kappa shape index (κ1) is 13.2. The van der Waals surface area contributed by atoms with Crippen LogP contribution in [0.4, 0.5) is 4.39 Å². The lowest BCUT2D eigenvalue weighted by molar-refractivity contribution is 0.00542. The van der Waals surface area contributed by atoms with Gasteiger partial charge in [-0.3, -0.25) is 0 Å². The van der Waals surface area contributed by atoms with Crippen LogP contribution in [0.3, 0.4) is 0 Å². The number of aliphatic hydroxyl groups is 1. The topological polar surface area (TPSA) is 20.2 Å². The predicted octanol–water partition coefficient (Wildman–Crippen LogP) is 3.51. The maximum atomic E-state index is 12.8. The number of aliphatic hydroxyl groups excluding tert-OH is 1. The molecule has 2 heteroatoms. The Bertz CT molecular complexity index is 346. The summed E-state index contributed by atoms with van der Waals surface area (Å²) in [7, 11) is 0. The van der Waals surface area contributed by atoms with Gasteiger partial charge in [0, 0.05) is 5.41 Å². The van der Waals surface area contributed by atoms with Crippen molar-refractivity contribution in [3.63, 3.8) is 0 Å². The molecule has 1 N–H and O–H groups in total. The maximum absolute atomic E-state index is 12.8. The van der Waals surface area contributed by atoms with Crippen LogP contribution in [-0.4, -0.2) is 11.2 Å². The molecule has 1 rings (SSSR count). The van der Waals surface area contributed by atoms with Crippen LogP contribution in [0.2, 0.25) is 0 Å². The van der Waals surface area contributed by atoms with Crippen molar-refractivity contribution in [2.75, 3.05) is 0 Å². The zero-order valence-corrected chi connectivity index (χ0v) is 10.7. The van der Waals surface area contributed by atoms with Gasteiger partial charge < -0.3 is 5.11 Å². The highest BCUT2D eigenvalue weighted by atomic mass is 19.1. The van der Waals surface area contributed by atoms with Crippen LogP contribution in [0.15, 0.2) is 24.3 Å². The van der Waals surface area contributed by atoms with Gasteiger partial charge in [-0.05, 0) is 23.1 Å². The number of halogens is 1. The molecule has 0 spiro atoms. The third-order valence-corrected chi connectivity index (χ3v) is 3.09. The minimum absolute atomic E-state index is 0.197. The monoisotopic (exact) mass is 224 g/mol. The van der Waals surface area contributed by atoms with Crippen molar-refractivity contribution >= 4 is 0 Å². The highest BCUT2D eigenvalue weighted by Gasteiger charge is 2.37. The van der Waals surface area contributed by atoms with Crippen molar-refractivity contribution in [1.82, 2.24) is 0 Å². The summed E-state index contributed by atoms with van der Waals surface area (Å²) in [4.78, 5) is 0. The molecule has 0 aliphatic carbocycles. The van der Waals surface area contributed by atoms with Gasteiger partial charge in [0.1, 0.15) is 5.82 Å². The zero-order valence-electron chi connectivity index (χ0n) is 10.7. The molecule has 1 nitrogen and oxygen atoms in total. The Labute approximate surface area is 97.3 Å². The van der Waals surface area contributed by atoms with Gasteiger partial charge >= 0.3 is 0 Å². The molecule has 1 aromatic rings. The lowest BCUT2D eigenvalue weighted by atomic mass is 9.69. The summed E-state index contributed by atoms with van der Waals surface area (Å²) < 4.78 is 12.8. The van der Waals surface area contributed by atoms with E-state index in [-0.39, 0.29) is 16.6 Å². The molecule has 1 aromatic carbocycles. The van der Waals surface area contributed by atoms with Gasteiger partial charge in [-0.25, -0.2) is 4.39 Å². The smallest absolute Gasteiger partial charge is 0.123 e. The average Bonchev–Trinajstić information content (AvgIpc) is 2.16. The van der Waals surface area contributed by atoms with Crippen LogP contribution < -0.4 is 0 Å². The van der Waals surface area contributed by atoms with Crippen LogP contribution in [0.1, 0.15) is 40.2 Å². The fourth-order valence-corrected chi connectivity index (χ4v) is 2.12. The normalized spacial score (nSPS) is 14.9. The van der Waals surface area contributed by atoms with Gasteiger partial charge in [0.25, 0.3) is 0 Å². The van der Waals surface area contributed by atoms with Crippen LogP contribution >= 0.6 is 0 Å². The number of rotatable bonds is 2. The van der Waals surface area contributed by atoms with E-state index in [1.807, 2.05) is 34.6 Å². The first-order valence-corrected chi connectivity index (χ1v) is 5.60. The SMILES string of the molecule is CC(C)(C)C(O)C(C)(C)c1ccc(F)cc1. The number of hydrogen-bond donors (Lipinski definition) is 1. The summed E-state index contributed by atoms with van der Waals surface area (Å²) in [6.45, 7) is 9.97. The zero-order chi connectivity index (χ0) is 12.6. The fraction of sp³-hybridized carbons (Fsp3) is 0.571. The molecule has 0 aromatic heterocycles. The highest BCUT2D eigenvalue weighted by molar-refractivity contribution is 5.26. The van der Waals surface area contributed by atoms with E-state index in [0.29, 0.717) is 0 Å². The second-order valence-corrected chi connectivity index (χ2v) is 6.00. The van der Waals surface area contributed by atoms with Crippen molar-refractivity contribution in [1.29, 1.82) is 0 Å². The highest BCUT2D eigenvalue weighted by Crippen LogP contribution is 2.36. The van der Waals surface area contributed by atoms with Crippen molar-refractivity contribution in [2.45, 2.75) is 46.1 Å². The van der Waals surface area contributed by atoms with Crippen LogP contribution in [0, 0.1) is 11.2 Å². The molecule has 0 aliphatic rings. The van der Waals surface area contributed by atoms with Crippen molar-refractivity contribution in [2.24, 2.45) is 5.41 Å². The molecule has 0 saturated heterocycles. The van der Waals surface area contributed by atoms with Gasteiger partial charge in [-0.2, -0.15) is 0 Å². The van der Waals surface area contributed by atoms with E-state index in [9.17, 15) is 9.50 Å². The Balaban J connectivity index is 3.06. The molecule has 0 amide bonds.